The van der Waals surface area contributed by atoms with Crippen molar-refractivity contribution in [2.75, 3.05) is 5.32 Å². The minimum absolute atomic E-state index is 0.0696. The quantitative estimate of drug-likeness (QED) is 0.677. The molecular formula is C20H22N4O2. The lowest BCUT2D eigenvalue weighted by atomic mass is 9.98. The maximum atomic E-state index is 12.3. The molecule has 0 aliphatic heterocycles. The highest BCUT2D eigenvalue weighted by atomic mass is 16.5. The van der Waals surface area contributed by atoms with E-state index in [4.69, 9.17) is 4.74 Å². The van der Waals surface area contributed by atoms with E-state index in [0.29, 0.717) is 5.56 Å². The van der Waals surface area contributed by atoms with Crippen LogP contribution in [0.5, 0.6) is 0 Å². The van der Waals surface area contributed by atoms with Crippen molar-refractivity contribution >= 4 is 28.5 Å². The largest absolute Gasteiger partial charge is 0.459 e. The van der Waals surface area contributed by atoms with Crippen molar-refractivity contribution in [2.24, 2.45) is 0 Å². The Morgan fingerprint density at radius 2 is 1.92 bits per heavy atom. The van der Waals surface area contributed by atoms with Crippen molar-refractivity contribution in [2.45, 2.75) is 45.1 Å². The van der Waals surface area contributed by atoms with Gasteiger partial charge in [-0.15, -0.1) is 0 Å². The summed E-state index contributed by atoms with van der Waals surface area (Å²) in [6.07, 6.45) is 7.08. The summed E-state index contributed by atoms with van der Waals surface area (Å²) in [5.74, 6) is 0.492. The molecule has 0 spiro atoms. The lowest BCUT2D eigenvalue weighted by molar-refractivity contribution is 0.0211. The highest BCUT2D eigenvalue weighted by Crippen LogP contribution is 2.25. The first-order valence-corrected chi connectivity index (χ1v) is 9.07. The Balaban J connectivity index is 1.46. The van der Waals surface area contributed by atoms with Crippen LogP contribution in [0.15, 0.2) is 36.7 Å². The number of aromatic amines is 1. The number of H-pyrrole nitrogens is 1. The van der Waals surface area contributed by atoms with E-state index in [1.54, 1.807) is 12.1 Å². The summed E-state index contributed by atoms with van der Waals surface area (Å²) in [7, 11) is 0. The zero-order valence-corrected chi connectivity index (χ0v) is 14.8. The van der Waals surface area contributed by atoms with Crippen LogP contribution in [-0.4, -0.2) is 27.0 Å². The number of nitrogens with one attached hydrogen (secondary N) is 2. The first-order valence-electron chi connectivity index (χ1n) is 9.07. The Morgan fingerprint density at radius 1 is 1.15 bits per heavy atom. The molecule has 4 rings (SSSR count). The van der Waals surface area contributed by atoms with Crippen LogP contribution in [0.2, 0.25) is 0 Å². The van der Waals surface area contributed by atoms with Gasteiger partial charge in [0.05, 0.1) is 10.9 Å². The van der Waals surface area contributed by atoms with Gasteiger partial charge in [-0.05, 0) is 62.9 Å². The van der Waals surface area contributed by atoms with Gasteiger partial charge in [-0.1, -0.05) is 6.42 Å². The molecule has 26 heavy (non-hydrogen) atoms. The molecule has 2 heterocycles. The SMILES string of the molecule is Cc1cc2c(Nc3ccc(C(=O)OC4CCCCC4)cc3)ncnc2[nH]1. The van der Waals surface area contributed by atoms with E-state index in [1.165, 1.54) is 12.7 Å². The van der Waals surface area contributed by atoms with Crippen molar-refractivity contribution in [1.82, 2.24) is 15.0 Å². The monoisotopic (exact) mass is 350 g/mol. The Hall–Kier alpha value is -2.89. The normalized spacial score (nSPS) is 15.1. The fourth-order valence-electron chi connectivity index (χ4n) is 3.40. The summed E-state index contributed by atoms with van der Waals surface area (Å²) >= 11 is 0. The van der Waals surface area contributed by atoms with Crippen LogP contribution < -0.4 is 5.32 Å². The second kappa shape index (κ2) is 7.15. The van der Waals surface area contributed by atoms with E-state index < -0.39 is 0 Å². The third-order valence-electron chi connectivity index (χ3n) is 4.77. The molecule has 1 fully saturated rings. The van der Waals surface area contributed by atoms with Crippen LogP contribution in [0.1, 0.15) is 48.2 Å². The third kappa shape index (κ3) is 3.54. The number of anilines is 2. The number of aryl methyl sites for hydroxylation is 1. The van der Waals surface area contributed by atoms with Gasteiger partial charge in [0, 0.05) is 11.4 Å². The zero-order valence-electron chi connectivity index (χ0n) is 14.8. The van der Waals surface area contributed by atoms with Crippen molar-refractivity contribution in [3.63, 3.8) is 0 Å². The molecule has 1 aromatic carbocycles. The number of carbonyl (C=O) groups is 1. The molecule has 0 atom stereocenters. The summed E-state index contributed by atoms with van der Waals surface area (Å²) in [5, 5.41) is 4.22. The first-order chi connectivity index (χ1) is 12.7. The van der Waals surface area contributed by atoms with Crippen molar-refractivity contribution < 1.29 is 9.53 Å². The number of nitrogens with zero attached hydrogens (tertiary/aromatic N) is 2. The van der Waals surface area contributed by atoms with Crippen molar-refractivity contribution in [3.8, 4) is 0 Å². The van der Waals surface area contributed by atoms with Gasteiger partial charge in [0.2, 0.25) is 0 Å². The molecule has 6 nitrogen and oxygen atoms in total. The summed E-state index contributed by atoms with van der Waals surface area (Å²) in [6.45, 7) is 1.98. The Labute approximate surface area is 152 Å². The van der Waals surface area contributed by atoms with Crippen molar-refractivity contribution in [3.05, 3.63) is 47.9 Å². The molecule has 2 N–H and O–H groups in total. The lowest BCUT2D eigenvalue weighted by Crippen LogP contribution is -2.20. The van der Waals surface area contributed by atoms with Gasteiger partial charge in [-0.3, -0.25) is 0 Å². The molecule has 2 aromatic heterocycles. The van der Waals surface area contributed by atoms with Gasteiger partial charge in [-0.2, -0.15) is 0 Å². The molecule has 6 heteroatoms. The lowest BCUT2D eigenvalue weighted by Gasteiger charge is -2.21. The minimum Gasteiger partial charge on any atom is -0.459 e. The average Bonchev–Trinajstić information content (AvgIpc) is 3.04. The van der Waals surface area contributed by atoms with Crippen LogP contribution in [0, 0.1) is 6.92 Å². The molecule has 0 bridgehead atoms. The van der Waals surface area contributed by atoms with Gasteiger partial charge < -0.3 is 15.0 Å². The van der Waals surface area contributed by atoms with E-state index in [-0.39, 0.29) is 12.1 Å². The Kier molecular flexibility index (Phi) is 4.56. The average molecular weight is 350 g/mol. The molecule has 0 saturated heterocycles. The molecule has 0 unspecified atom stereocenters. The van der Waals surface area contributed by atoms with Gasteiger partial charge in [-0.25, -0.2) is 14.8 Å². The second-order valence-corrected chi connectivity index (χ2v) is 6.80. The molecule has 134 valence electrons. The third-order valence-corrected chi connectivity index (χ3v) is 4.77. The number of hydrogen-bond donors (Lipinski definition) is 2. The molecule has 1 saturated carbocycles. The number of ether oxygens (including phenoxy) is 1. The van der Waals surface area contributed by atoms with E-state index >= 15 is 0 Å². The summed E-state index contributed by atoms with van der Waals surface area (Å²) in [5.41, 5.74) is 3.27. The number of esters is 1. The fourth-order valence-corrected chi connectivity index (χ4v) is 3.40. The predicted molar refractivity (Wildman–Crippen MR) is 101 cm³/mol. The van der Waals surface area contributed by atoms with Gasteiger partial charge in [0.15, 0.2) is 0 Å². The van der Waals surface area contributed by atoms with E-state index in [1.807, 2.05) is 25.1 Å². The van der Waals surface area contributed by atoms with Crippen LogP contribution in [0.3, 0.4) is 0 Å². The van der Waals surface area contributed by atoms with Gasteiger partial charge >= 0.3 is 5.97 Å². The predicted octanol–water partition coefficient (Wildman–Crippen LogP) is 4.50. The molecule has 1 aliphatic carbocycles. The smallest absolute Gasteiger partial charge is 0.338 e. The van der Waals surface area contributed by atoms with Crippen LogP contribution in [-0.2, 0) is 4.74 Å². The van der Waals surface area contributed by atoms with Gasteiger partial charge in [0.25, 0.3) is 0 Å². The summed E-state index contributed by atoms with van der Waals surface area (Å²) in [6, 6.07) is 9.31. The molecule has 1 aliphatic rings. The summed E-state index contributed by atoms with van der Waals surface area (Å²) < 4.78 is 5.61. The number of aromatic nitrogens is 3. The van der Waals surface area contributed by atoms with E-state index in [9.17, 15) is 4.79 Å². The molecule has 3 aromatic rings. The standard InChI is InChI=1S/C20H22N4O2/c1-13-11-17-18(23-13)21-12-22-19(17)24-15-9-7-14(8-10-15)20(25)26-16-5-3-2-4-6-16/h7-12,16H,2-6H2,1H3,(H2,21,22,23,24). The second-order valence-electron chi connectivity index (χ2n) is 6.80. The topological polar surface area (TPSA) is 79.9 Å². The first kappa shape index (κ1) is 16.6. The maximum absolute atomic E-state index is 12.3. The fraction of sp³-hybridized carbons (Fsp3) is 0.350. The highest BCUT2D eigenvalue weighted by molar-refractivity contribution is 5.91. The number of hydrogen-bond acceptors (Lipinski definition) is 5. The van der Waals surface area contributed by atoms with E-state index in [0.717, 1.165) is 53.9 Å². The number of fused-ring (bicyclic) bond motifs is 1. The minimum atomic E-state index is -0.242. The van der Waals surface area contributed by atoms with Gasteiger partial charge in [0.1, 0.15) is 23.9 Å². The van der Waals surface area contributed by atoms with Crippen LogP contribution in [0.25, 0.3) is 11.0 Å². The van der Waals surface area contributed by atoms with Crippen LogP contribution >= 0.6 is 0 Å². The maximum Gasteiger partial charge on any atom is 0.338 e. The molecule has 0 amide bonds. The molecular weight excluding hydrogens is 328 g/mol. The highest BCUT2D eigenvalue weighted by Gasteiger charge is 2.18. The number of carbonyl (C=O) groups excluding carboxylic acids is 1. The van der Waals surface area contributed by atoms with E-state index in [2.05, 4.69) is 20.3 Å². The number of benzene rings is 1. The number of rotatable bonds is 4. The van der Waals surface area contributed by atoms with Crippen molar-refractivity contribution in [1.29, 1.82) is 0 Å². The van der Waals surface area contributed by atoms with Crippen LogP contribution in [0.4, 0.5) is 11.5 Å². The zero-order chi connectivity index (χ0) is 17.9. The Bertz CT molecular complexity index is 911. The Morgan fingerprint density at radius 3 is 2.69 bits per heavy atom. The summed E-state index contributed by atoms with van der Waals surface area (Å²) in [4.78, 5) is 24.0. The molecule has 0 radical (unpaired) electrons.